The molecule has 2 saturated carbocycles. The number of hydrogen-bond donors (Lipinski definition) is 2. The minimum Gasteiger partial charge on any atom is -0.481 e. The second-order valence-electron chi connectivity index (χ2n) is 5.65. The van der Waals surface area contributed by atoms with Crippen LogP contribution in [-0.4, -0.2) is 23.0 Å². The summed E-state index contributed by atoms with van der Waals surface area (Å²) in [5.74, 6) is -0.923. The summed E-state index contributed by atoms with van der Waals surface area (Å²) in [4.78, 5) is 23.1. The van der Waals surface area contributed by atoms with Gasteiger partial charge in [-0.3, -0.25) is 9.59 Å². The quantitative estimate of drug-likeness (QED) is 0.735. The zero-order valence-corrected chi connectivity index (χ0v) is 10.7. The summed E-state index contributed by atoms with van der Waals surface area (Å²) >= 11 is 0. The summed E-state index contributed by atoms with van der Waals surface area (Å²) in [5, 5.41) is 12.0. The average molecular weight is 251 g/mol. The van der Waals surface area contributed by atoms with Crippen LogP contribution >= 0.6 is 0 Å². The summed E-state index contributed by atoms with van der Waals surface area (Å²) in [6, 6.07) is 0.0425. The third-order valence-corrected chi connectivity index (χ3v) is 4.44. The van der Waals surface area contributed by atoms with E-state index in [0.29, 0.717) is 12.8 Å². The van der Waals surface area contributed by atoms with Crippen LogP contribution in [0, 0.1) is 11.3 Å². The highest BCUT2D eigenvalue weighted by Crippen LogP contribution is 2.44. The van der Waals surface area contributed by atoms with Crippen molar-refractivity contribution >= 4 is 11.9 Å². The van der Waals surface area contributed by atoms with Gasteiger partial charge in [-0.05, 0) is 38.5 Å². The van der Waals surface area contributed by atoms with E-state index in [1.807, 2.05) is 6.08 Å². The van der Waals surface area contributed by atoms with Gasteiger partial charge in [-0.1, -0.05) is 12.5 Å². The van der Waals surface area contributed by atoms with Gasteiger partial charge >= 0.3 is 5.97 Å². The first kappa shape index (κ1) is 13.1. The van der Waals surface area contributed by atoms with E-state index in [4.69, 9.17) is 5.11 Å². The van der Waals surface area contributed by atoms with Crippen molar-refractivity contribution in [3.63, 3.8) is 0 Å². The molecule has 0 bridgehead atoms. The first-order valence-electron chi connectivity index (χ1n) is 6.72. The monoisotopic (exact) mass is 251 g/mol. The van der Waals surface area contributed by atoms with Crippen molar-refractivity contribution in [2.75, 3.05) is 0 Å². The Labute approximate surface area is 107 Å². The van der Waals surface area contributed by atoms with Crippen LogP contribution in [0.4, 0.5) is 0 Å². The van der Waals surface area contributed by atoms with Gasteiger partial charge < -0.3 is 10.4 Å². The minimum absolute atomic E-state index is 0.0425. The van der Waals surface area contributed by atoms with E-state index in [1.54, 1.807) is 0 Å². The fourth-order valence-electron chi connectivity index (χ4n) is 3.08. The molecule has 0 saturated heterocycles. The second-order valence-corrected chi connectivity index (χ2v) is 5.65. The van der Waals surface area contributed by atoms with E-state index in [9.17, 15) is 9.59 Å². The Morgan fingerprint density at radius 1 is 1.39 bits per heavy atom. The van der Waals surface area contributed by atoms with Crippen LogP contribution in [-0.2, 0) is 9.59 Å². The van der Waals surface area contributed by atoms with Gasteiger partial charge in [0, 0.05) is 6.04 Å². The van der Waals surface area contributed by atoms with Gasteiger partial charge in [0.25, 0.3) is 0 Å². The van der Waals surface area contributed by atoms with Crippen molar-refractivity contribution in [1.29, 1.82) is 0 Å². The molecular weight excluding hydrogens is 230 g/mol. The third kappa shape index (κ3) is 2.42. The molecule has 100 valence electrons. The number of hydrogen-bond acceptors (Lipinski definition) is 2. The Morgan fingerprint density at radius 3 is 2.56 bits per heavy atom. The zero-order chi connectivity index (χ0) is 13.2. The fourth-order valence-corrected chi connectivity index (χ4v) is 3.08. The van der Waals surface area contributed by atoms with Crippen molar-refractivity contribution < 1.29 is 14.7 Å². The molecule has 0 radical (unpaired) electrons. The maximum atomic E-state index is 12.3. The van der Waals surface area contributed by atoms with Gasteiger partial charge in [0.15, 0.2) is 0 Å². The number of carboxylic acids is 1. The lowest BCUT2D eigenvalue weighted by molar-refractivity contribution is -0.142. The largest absolute Gasteiger partial charge is 0.481 e. The lowest BCUT2D eigenvalue weighted by atomic mass is 9.66. The molecule has 0 aromatic carbocycles. The number of allylic oxidation sites excluding steroid dienone is 1. The van der Waals surface area contributed by atoms with Crippen molar-refractivity contribution in [3.8, 4) is 0 Å². The maximum absolute atomic E-state index is 12.3. The Bertz CT molecular complexity index is 360. The highest BCUT2D eigenvalue weighted by molar-refractivity contribution is 5.84. The Hall–Kier alpha value is -1.32. The number of carbonyl (C=O) groups excluding carboxylic acids is 1. The molecule has 2 aliphatic carbocycles. The Kier molecular flexibility index (Phi) is 3.73. The second kappa shape index (κ2) is 5.12. The van der Waals surface area contributed by atoms with E-state index < -0.39 is 5.97 Å². The molecule has 0 spiro atoms. The van der Waals surface area contributed by atoms with Gasteiger partial charge in [0.1, 0.15) is 0 Å². The molecule has 1 amide bonds. The predicted molar refractivity (Wildman–Crippen MR) is 68.0 cm³/mol. The molecule has 0 heterocycles. The number of carboxylic acid groups (broad SMARTS) is 1. The topological polar surface area (TPSA) is 66.4 Å². The van der Waals surface area contributed by atoms with Crippen LogP contribution in [0.15, 0.2) is 12.7 Å². The molecule has 2 fully saturated rings. The predicted octanol–water partition coefficient (Wildman–Crippen LogP) is 2.10. The van der Waals surface area contributed by atoms with E-state index >= 15 is 0 Å². The summed E-state index contributed by atoms with van der Waals surface area (Å²) in [7, 11) is 0. The Balaban J connectivity index is 1.88. The smallest absolute Gasteiger partial charge is 0.306 e. The van der Waals surface area contributed by atoms with Crippen molar-refractivity contribution in [1.82, 2.24) is 5.32 Å². The highest BCUT2D eigenvalue weighted by atomic mass is 16.4. The van der Waals surface area contributed by atoms with Crippen molar-refractivity contribution in [2.24, 2.45) is 11.3 Å². The zero-order valence-electron chi connectivity index (χ0n) is 10.7. The van der Waals surface area contributed by atoms with Crippen LogP contribution in [0.25, 0.3) is 0 Å². The molecule has 18 heavy (non-hydrogen) atoms. The van der Waals surface area contributed by atoms with Crippen LogP contribution in [0.2, 0.25) is 0 Å². The van der Waals surface area contributed by atoms with Gasteiger partial charge in [0.05, 0.1) is 11.3 Å². The minimum atomic E-state index is -0.740. The van der Waals surface area contributed by atoms with E-state index in [0.717, 1.165) is 32.1 Å². The Morgan fingerprint density at radius 2 is 2.11 bits per heavy atom. The molecular formula is C14H21NO3. The normalized spacial score (nSPS) is 29.3. The molecule has 0 aromatic rings. The first-order valence-corrected chi connectivity index (χ1v) is 6.72. The van der Waals surface area contributed by atoms with Crippen LogP contribution in [0.3, 0.4) is 0 Å². The van der Waals surface area contributed by atoms with Crippen LogP contribution in [0.5, 0.6) is 0 Å². The third-order valence-electron chi connectivity index (χ3n) is 4.44. The van der Waals surface area contributed by atoms with E-state index in [-0.39, 0.29) is 23.3 Å². The number of aliphatic carboxylic acids is 1. The molecule has 2 atom stereocenters. The summed E-state index contributed by atoms with van der Waals surface area (Å²) in [5.41, 5.74) is -0.247. The van der Waals surface area contributed by atoms with Crippen LogP contribution in [0.1, 0.15) is 44.9 Å². The molecule has 0 aromatic heterocycles. The molecule has 0 unspecified atom stereocenters. The van der Waals surface area contributed by atoms with Gasteiger partial charge in [-0.25, -0.2) is 0 Å². The number of rotatable bonds is 5. The number of nitrogens with one attached hydrogen (secondary N) is 1. The highest BCUT2D eigenvalue weighted by Gasteiger charge is 2.44. The molecule has 2 aliphatic rings. The molecule has 2 rings (SSSR count). The SMILES string of the molecule is C=CCC1(C(=O)N[C@H]2CC[C@@H](C(=O)O)C2)CCC1. The first-order chi connectivity index (χ1) is 8.57. The molecule has 0 aliphatic heterocycles. The van der Waals surface area contributed by atoms with Gasteiger partial charge in [-0.15, -0.1) is 6.58 Å². The van der Waals surface area contributed by atoms with E-state index in [2.05, 4.69) is 11.9 Å². The summed E-state index contributed by atoms with van der Waals surface area (Å²) in [6.45, 7) is 3.72. The maximum Gasteiger partial charge on any atom is 0.306 e. The average Bonchev–Trinajstić information content (AvgIpc) is 2.71. The van der Waals surface area contributed by atoms with Crippen molar-refractivity contribution in [2.45, 2.75) is 51.0 Å². The van der Waals surface area contributed by atoms with Crippen LogP contribution < -0.4 is 5.32 Å². The molecule has 4 nitrogen and oxygen atoms in total. The van der Waals surface area contributed by atoms with Crippen molar-refractivity contribution in [3.05, 3.63) is 12.7 Å². The summed E-state index contributed by atoms with van der Waals surface area (Å²) in [6.07, 6.45) is 7.54. The molecule has 4 heteroatoms. The summed E-state index contributed by atoms with van der Waals surface area (Å²) < 4.78 is 0. The lowest BCUT2D eigenvalue weighted by Crippen LogP contribution is -2.48. The van der Waals surface area contributed by atoms with Gasteiger partial charge in [-0.2, -0.15) is 0 Å². The van der Waals surface area contributed by atoms with E-state index in [1.165, 1.54) is 0 Å². The number of amides is 1. The standard InChI is InChI=1S/C14H21NO3/c1-2-6-14(7-3-8-14)13(18)15-11-5-4-10(9-11)12(16)17/h2,10-11H,1,3-9H2,(H,15,18)(H,16,17)/t10-,11+/m1/s1. The van der Waals surface area contributed by atoms with Gasteiger partial charge in [0.2, 0.25) is 5.91 Å². The lowest BCUT2D eigenvalue weighted by Gasteiger charge is -2.40. The fraction of sp³-hybridized carbons (Fsp3) is 0.714. The molecule has 2 N–H and O–H groups in total. The number of carbonyl (C=O) groups is 2.